The van der Waals surface area contributed by atoms with Crippen LogP contribution in [0.25, 0.3) is 0 Å². The molecule has 13 nitrogen and oxygen atoms in total. The summed E-state index contributed by atoms with van der Waals surface area (Å²) in [6.07, 6.45) is -0.853. The molecule has 5 atom stereocenters. The quantitative estimate of drug-likeness (QED) is 0.117. The van der Waals surface area contributed by atoms with E-state index in [2.05, 4.69) is 28.6 Å². The minimum absolute atomic E-state index is 0.183. The van der Waals surface area contributed by atoms with Crippen LogP contribution in [0.4, 0.5) is 0 Å². The van der Waals surface area contributed by atoms with E-state index in [4.69, 9.17) is 21.7 Å². The zero-order chi connectivity index (χ0) is 25.0. The molecule has 0 spiro atoms. The number of carboxylic acids is 2. The van der Waals surface area contributed by atoms with Gasteiger partial charge in [-0.25, -0.2) is 4.79 Å². The zero-order valence-corrected chi connectivity index (χ0v) is 18.8. The van der Waals surface area contributed by atoms with Crippen molar-refractivity contribution in [1.82, 2.24) is 16.0 Å². The fraction of sp³-hybridized carbons (Fsp3) is 0.667. The lowest BCUT2D eigenvalue weighted by Gasteiger charge is -2.27. The highest BCUT2D eigenvalue weighted by Crippen LogP contribution is 2.10. The molecule has 0 fully saturated rings. The van der Waals surface area contributed by atoms with Crippen LogP contribution in [-0.4, -0.2) is 75.7 Å². The highest BCUT2D eigenvalue weighted by molar-refractivity contribution is 7.80. The van der Waals surface area contributed by atoms with Crippen LogP contribution >= 0.6 is 12.6 Å². The molecule has 0 saturated heterocycles. The molecule has 0 bridgehead atoms. The highest BCUT2D eigenvalue weighted by atomic mass is 32.1. The number of nitrogens with one attached hydrogen (secondary N) is 3. The van der Waals surface area contributed by atoms with E-state index in [9.17, 15) is 28.8 Å². The van der Waals surface area contributed by atoms with Gasteiger partial charge in [0.1, 0.15) is 18.1 Å². The van der Waals surface area contributed by atoms with Crippen molar-refractivity contribution in [3.05, 3.63) is 0 Å². The fourth-order valence-corrected chi connectivity index (χ4v) is 2.78. The Hall–Kier alpha value is -2.87. The van der Waals surface area contributed by atoms with Crippen molar-refractivity contribution in [3.8, 4) is 0 Å². The molecule has 0 saturated carbocycles. The SMILES string of the molecule is CCC(C)C(NC(=O)C(CCC(=O)O)NC(=O)C(N)CC(N)=O)C(=O)NC(CS)C(=O)O. The van der Waals surface area contributed by atoms with Crippen LogP contribution in [0.3, 0.4) is 0 Å². The molecule has 0 heterocycles. The smallest absolute Gasteiger partial charge is 0.327 e. The van der Waals surface area contributed by atoms with Gasteiger partial charge < -0.3 is 37.6 Å². The Kier molecular flexibility index (Phi) is 13.0. The molecule has 0 radical (unpaired) electrons. The second-order valence-corrected chi connectivity index (χ2v) is 7.59. The Bertz CT molecular complexity index is 719. The van der Waals surface area contributed by atoms with Gasteiger partial charge in [0.25, 0.3) is 0 Å². The molecular formula is C18H31N5O8S. The number of nitrogens with two attached hydrogens (primary N) is 2. The molecule has 32 heavy (non-hydrogen) atoms. The van der Waals surface area contributed by atoms with Crippen LogP contribution in [0.5, 0.6) is 0 Å². The molecule has 0 aromatic heterocycles. The topological polar surface area (TPSA) is 231 Å². The summed E-state index contributed by atoms with van der Waals surface area (Å²) in [6.45, 7) is 3.39. The number of hydrogen-bond donors (Lipinski definition) is 8. The first-order valence-corrected chi connectivity index (χ1v) is 10.5. The number of rotatable bonds is 15. The van der Waals surface area contributed by atoms with Crippen molar-refractivity contribution in [2.75, 3.05) is 5.75 Å². The number of carbonyl (C=O) groups is 6. The van der Waals surface area contributed by atoms with Crippen molar-refractivity contribution >= 4 is 48.2 Å². The van der Waals surface area contributed by atoms with Crippen molar-refractivity contribution in [2.24, 2.45) is 17.4 Å². The van der Waals surface area contributed by atoms with Gasteiger partial charge in [-0.2, -0.15) is 12.6 Å². The summed E-state index contributed by atoms with van der Waals surface area (Å²) in [7, 11) is 0. The van der Waals surface area contributed by atoms with Gasteiger partial charge in [0.2, 0.25) is 23.6 Å². The monoisotopic (exact) mass is 477 g/mol. The number of hydrogen-bond acceptors (Lipinski definition) is 8. The van der Waals surface area contributed by atoms with Crippen LogP contribution in [0.2, 0.25) is 0 Å². The molecule has 0 aliphatic rings. The average molecular weight is 478 g/mol. The summed E-state index contributed by atoms with van der Waals surface area (Å²) >= 11 is 3.87. The lowest BCUT2D eigenvalue weighted by molar-refractivity contribution is -0.142. The van der Waals surface area contributed by atoms with Gasteiger partial charge in [-0.05, 0) is 12.3 Å². The molecule has 0 aromatic rings. The van der Waals surface area contributed by atoms with E-state index in [1.807, 2.05) is 0 Å². The first-order valence-electron chi connectivity index (χ1n) is 9.84. The number of amides is 4. The average Bonchev–Trinajstić information content (AvgIpc) is 2.70. The van der Waals surface area contributed by atoms with E-state index in [1.165, 1.54) is 0 Å². The van der Waals surface area contributed by atoms with Crippen molar-refractivity contribution < 1.29 is 39.0 Å². The second kappa shape index (κ2) is 14.2. The van der Waals surface area contributed by atoms with Gasteiger partial charge in [-0.15, -0.1) is 0 Å². The third-order valence-corrected chi connectivity index (χ3v) is 4.99. The number of thiol groups is 1. The van der Waals surface area contributed by atoms with Gasteiger partial charge in [-0.1, -0.05) is 20.3 Å². The van der Waals surface area contributed by atoms with Gasteiger partial charge >= 0.3 is 11.9 Å². The van der Waals surface area contributed by atoms with Crippen molar-refractivity contribution in [3.63, 3.8) is 0 Å². The number of aliphatic carboxylic acids is 2. The summed E-state index contributed by atoms with van der Waals surface area (Å²) in [5.74, 6) is -6.54. The Morgan fingerprint density at radius 1 is 0.938 bits per heavy atom. The molecule has 0 aliphatic carbocycles. The normalized spacial score (nSPS) is 15.4. The zero-order valence-electron chi connectivity index (χ0n) is 17.9. The maximum Gasteiger partial charge on any atom is 0.327 e. The summed E-state index contributed by atoms with van der Waals surface area (Å²) in [5, 5.41) is 25.0. The molecule has 0 aliphatic heterocycles. The van der Waals surface area contributed by atoms with E-state index >= 15 is 0 Å². The van der Waals surface area contributed by atoms with E-state index < -0.39 is 78.5 Å². The summed E-state index contributed by atoms with van der Waals surface area (Å²) < 4.78 is 0. The van der Waals surface area contributed by atoms with Crippen molar-refractivity contribution in [2.45, 2.75) is 63.7 Å². The molecule has 9 N–H and O–H groups in total. The maximum absolute atomic E-state index is 12.8. The van der Waals surface area contributed by atoms with Crippen LogP contribution in [0.15, 0.2) is 0 Å². The largest absolute Gasteiger partial charge is 0.481 e. The summed E-state index contributed by atoms with van der Waals surface area (Å²) in [6, 6.07) is -5.19. The summed E-state index contributed by atoms with van der Waals surface area (Å²) in [5.41, 5.74) is 10.5. The van der Waals surface area contributed by atoms with Gasteiger partial charge in [0, 0.05) is 12.2 Å². The summed E-state index contributed by atoms with van der Waals surface area (Å²) in [4.78, 5) is 70.7. The van der Waals surface area contributed by atoms with E-state index in [0.717, 1.165) is 0 Å². The third-order valence-electron chi connectivity index (χ3n) is 4.63. The van der Waals surface area contributed by atoms with Crippen LogP contribution in [0.1, 0.15) is 39.5 Å². The van der Waals surface area contributed by atoms with Crippen LogP contribution < -0.4 is 27.4 Å². The molecule has 0 rings (SSSR count). The minimum Gasteiger partial charge on any atom is -0.481 e. The minimum atomic E-state index is -1.38. The van der Waals surface area contributed by atoms with Crippen molar-refractivity contribution in [1.29, 1.82) is 0 Å². The molecular weight excluding hydrogens is 446 g/mol. The second-order valence-electron chi connectivity index (χ2n) is 7.22. The highest BCUT2D eigenvalue weighted by Gasteiger charge is 2.32. The van der Waals surface area contributed by atoms with Crippen LogP contribution in [0, 0.1) is 5.92 Å². The molecule has 0 aromatic carbocycles. The molecule has 182 valence electrons. The fourth-order valence-electron chi connectivity index (χ4n) is 2.53. The lowest BCUT2D eigenvalue weighted by atomic mass is 9.97. The van der Waals surface area contributed by atoms with Gasteiger partial charge in [0.15, 0.2) is 0 Å². The number of carbonyl (C=O) groups excluding carboxylic acids is 4. The van der Waals surface area contributed by atoms with Crippen LogP contribution in [-0.2, 0) is 28.8 Å². The van der Waals surface area contributed by atoms with Gasteiger partial charge in [-0.3, -0.25) is 24.0 Å². The predicted octanol–water partition coefficient (Wildman–Crippen LogP) is -2.43. The Labute approximate surface area is 190 Å². The van der Waals surface area contributed by atoms with E-state index in [1.54, 1.807) is 13.8 Å². The van der Waals surface area contributed by atoms with Gasteiger partial charge in [0.05, 0.1) is 12.5 Å². The Morgan fingerprint density at radius 3 is 1.94 bits per heavy atom. The molecule has 14 heteroatoms. The third kappa shape index (κ3) is 10.4. The molecule has 4 amide bonds. The first-order chi connectivity index (χ1) is 14.8. The standard InChI is InChI=1S/C18H31N5O8S/c1-3-8(2)14(17(29)22-11(7-32)18(30)31)23-16(28)10(4-5-13(25)26)21-15(27)9(19)6-12(20)24/h8-11,14,32H,3-7,19H2,1-2H3,(H2,20,24)(H,21,27)(H,22,29)(H,23,28)(H,25,26)(H,30,31). The predicted molar refractivity (Wildman–Crippen MR) is 115 cm³/mol. The van der Waals surface area contributed by atoms with E-state index in [-0.39, 0.29) is 12.2 Å². The first kappa shape index (κ1) is 29.1. The Morgan fingerprint density at radius 2 is 1.50 bits per heavy atom. The number of primary amides is 1. The molecule has 5 unspecified atom stereocenters. The lowest BCUT2D eigenvalue weighted by Crippen LogP contribution is -2.59. The van der Waals surface area contributed by atoms with E-state index in [0.29, 0.717) is 6.42 Å². The Balaban J connectivity index is 5.55. The maximum atomic E-state index is 12.8. The number of carboxylic acid groups (broad SMARTS) is 2.